The third-order valence-corrected chi connectivity index (χ3v) is 5.18. The van der Waals surface area contributed by atoms with Gasteiger partial charge in [0.15, 0.2) is 5.69 Å². The van der Waals surface area contributed by atoms with Crippen molar-refractivity contribution < 1.29 is 19.1 Å². The molecule has 0 saturated carbocycles. The van der Waals surface area contributed by atoms with Crippen LogP contribution in [0.2, 0.25) is 0 Å². The van der Waals surface area contributed by atoms with Gasteiger partial charge in [-0.1, -0.05) is 48.5 Å². The normalized spacial score (nSPS) is 11.1. The number of aromatic nitrogens is 1. The standard InChI is InChI=1S/C23H18N2O4S/c1-2-28-23(27)19-17(15-9-5-3-6-10-15)14-30-21(19)24-13-18-22(26)29-20(25-18)16-11-7-4-8-12-16/h3-14,26H,2H2,1H3. The number of carbonyl (C=O) groups is 1. The average molecular weight is 418 g/mol. The molecule has 1 N–H and O–H groups in total. The van der Waals surface area contributed by atoms with Crippen LogP contribution in [0.25, 0.3) is 22.6 Å². The molecule has 2 heterocycles. The molecule has 0 radical (unpaired) electrons. The fourth-order valence-corrected chi connectivity index (χ4v) is 3.81. The maximum atomic E-state index is 12.6. The van der Waals surface area contributed by atoms with E-state index in [4.69, 9.17) is 9.15 Å². The molecular formula is C23H18N2O4S. The van der Waals surface area contributed by atoms with Crippen LogP contribution in [0.3, 0.4) is 0 Å². The maximum Gasteiger partial charge on any atom is 0.341 e. The van der Waals surface area contributed by atoms with E-state index in [0.29, 0.717) is 10.6 Å². The second-order valence-corrected chi connectivity index (χ2v) is 7.11. The Morgan fingerprint density at radius 1 is 1.13 bits per heavy atom. The highest BCUT2D eigenvalue weighted by Crippen LogP contribution is 2.38. The molecule has 0 spiro atoms. The molecule has 4 aromatic rings. The van der Waals surface area contributed by atoms with Gasteiger partial charge in [0.05, 0.1) is 12.8 Å². The predicted octanol–water partition coefficient (Wildman–Crippen LogP) is 5.70. The third-order valence-electron chi connectivity index (χ3n) is 4.30. The SMILES string of the molecule is CCOC(=O)c1c(-c2ccccc2)csc1N=Cc1nc(-c2ccccc2)oc1O. The quantitative estimate of drug-likeness (QED) is 0.320. The van der Waals surface area contributed by atoms with Crippen LogP contribution < -0.4 is 0 Å². The number of hydrogen-bond donors (Lipinski definition) is 1. The predicted molar refractivity (Wildman–Crippen MR) is 117 cm³/mol. The van der Waals surface area contributed by atoms with Crippen LogP contribution in [0, 0.1) is 0 Å². The van der Waals surface area contributed by atoms with E-state index in [1.165, 1.54) is 17.6 Å². The Balaban J connectivity index is 1.70. The molecule has 0 amide bonds. The van der Waals surface area contributed by atoms with Crippen molar-refractivity contribution in [3.05, 3.63) is 77.3 Å². The minimum absolute atomic E-state index is 0.179. The molecule has 2 aromatic carbocycles. The Hall–Kier alpha value is -3.71. The van der Waals surface area contributed by atoms with Crippen LogP contribution in [0.4, 0.5) is 5.00 Å². The molecule has 0 fully saturated rings. The van der Waals surface area contributed by atoms with Gasteiger partial charge in [-0.3, -0.25) is 0 Å². The molecule has 0 saturated heterocycles. The minimum atomic E-state index is -0.445. The number of ether oxygens (including phenoxy) is 1. The van der Waals surface area contributed by atoms with Gasteiger partial charge in [0, 0.05) is 16.5 Å². The van der Waals surface area contributed by atoms with Gasteiger partial charge < -0.3 is 14.3 Å². The van der Waals surface area contributed by atoms with E-state index in [2.05, 4.69) is 9.98 Å². The highest BCUT2D eigenvalue weighted by Gasteiger charge is 2.21. The first-order valence-corrected chi connectivity index (χ1v) is 10.2. The van der Waals surface area contributed by atoms with Gasteiger partial charge in [-0.05, 0) is 24.6 Å². The molecule has 4 rings (SSSR count). The number of esters is 1. The van der Waals surface area contributed by atoms with Gasteiger partial charge in [0.25, 0.3) is 0 Å². The van der Waals surface area contributed by atoms with Crippen LogP contribution in [0.15, 0.2) is 75.5 Å². The molecule has 2 aromatic heterocycles. The number of nitrogens with zero attached hydrogens (tertiary/aromatic N) is 2. The van der Waals surface area contributed by atoms with Gasteiger partial charge >= 0.3 is 11.9 Å². The van der Waals surface area contributed by atoms with E-state index >= 15 is 0 Å². The zero-order valence-electron chi connectivity index (χ0n) is 16.1. The zero-order chi connectivity index (χ0) is 20.9. The molecule has 0 aliphatic heterocycles. The van der Waals surface area contributed by atoms with Crippen molar-refractivity contribution >= 4 is 28.5 Å². The van der Waals surface area contributed by atoms with E-state index in [1.807, 2.05) is 66.0 Å². The Morgan fingerprint density at radius 2 is 1.80 bits per heavy atom. The lowest BCUT2D eigenvalue weighted by molar-refractivity contribution is 0.0529. The Kier molecular flexibility index (Phi) is 5.72. The van der Waals surface area contributed by atoms with E-state index in [-0.39, 0.29) is 24.1 Å². The number of aliphatic imine (C=N–C) groups is 1. The van der Waals surface area contributed by atoms with Crippen molar-refractivity contribution in [2.75, 3.05) is 6.61 Å². The number of hydrogen-bond acceptors (Lipinski definition) is 7. The van der Waals surface area contributed by atoms with Crippen LogP contribution >= 0.6 is 11.3 Å². The number of thiophene rings is 1. The highest BCUT2D eigenvalue weighted by molar-refractivity contribution is 7.14. The molecule has 0 unspecified atom stereocenters. The van der Waals surface area contributed by atoms with Crippen molar-refractivity contribution in [2.24, 2.45) is 4.99 Å². The molecule has 6 nitrogen and oxygen atoms in total. The maximum absolute atomic E-state index is 12.6. The molecule has 0 aliphatic carbocycles. The number of oxazole rings is 1. The van der Waals surface area contributed by atoms with Crippen molar-refractivity contribution in [3.63, 3.8) is 0 Å². The lowest BCUT2D eigenvalue weighted by Crippen LogP contribution is -2.05. The molecule has 7 heteroatoms. The zero-order valence-corrected chi connectivity index (χ0v) is 16.9. The third kappa shape index (κ3) is 4.01. The van der Waals surface area contributed by atoms with Gasteiger partial charge in [-0.15, -0.1) is 11.3 Å². The fourth-order valence-electron chi connectivity index (χ4n) is 2.91. The van der Waals surface area contributed by atoms with E-state index in [0.717, 1.165) is 16.7 Å². The first-order chi connectivity index (χ1) is 14.7. The van der Waals surface area contributed by atoms with Crippen LogP contribution in [0.5, 0.6) is 5.95 Å². The molecule has 0 bridgehead atoms. The Labute approximate surface area is 177 Å². The van der Waals surface area contributed by atoms with Crippen LogP contribution in [-0.4, -0.2) is 28.9 Å². The lowest BCUT2D eigenvalue weighted by atomic mass is 10.0. The van der Waals surface area contributed by atoms with E-state index < -0.39 is 5.97 Å². The second kappa shape index (κ2) is 8.75. The summed E-state index contributed by atoms with van der Waals surface area (Å²) in [5, 5.41) is 12.4. The van der Waals surface area contributed by atoms with E-state index in [1.54, 1.807) is 6.92 Å². The molecule has 0 aliphatic rings. The first-order valence-electron chi connectivity index (χ1n) is 9.30. The lowest BCUT2D eigenvalue weighted by Gasteiger charge is -2.05. The van der Waals surface area contributed by atoms with Gasteiger partial charge in [0.1, 0.15) is 10.6 Å². The summed E-state index contributed by atoms with van der Waals surface area (Å²) in [6.07, 6.45) is 1.38. The molecule has 30 heavy (non-hydrogen) atoms. The average Bonchev–Trinajstić information content (AvgIpc) is 3.37. The summed E-state index contributed by atoms with van der Waals surface area (Å²) in [5.41, 5.74) is 2.95. The topological polar surface area (TPSA) is 84.9 Å². The number of aromatic hydroxyl groups is 1. The van der Waals surface area contributed by atoms with Crippen LogP contribution in [0.1, 0.15) is 23.0 Å². The monoisotopic (exact) mass is 418 g/mol. The van der Waals surface area contributed by atoms with Gasteiger partial charge in [-0.2, -0.15) is 0 Å². The summed E-state index contributed by atoms with van der Waals surface area (Å²) in [6, 6.07) is 18.8. The summed E-state index contributed by atoms with van der Waals surface area (Å²) >= 11 is 1.31. The number of benzene rings is 2. The highest BCUT2D eigenvalue weighted by atomic mass is 32.1. The Morgan fingerprint density at radius 3 is 2.47 bits per heavy atom. The fraction of sp³-hybridized carbons (Fsp3) is 0.0870. The summed E-state index contributed by atoms with van der Waals surface area (Å²) < 4.78 is 10.6. The molecular weight excluding hydrogens is 400 g/mol. The summed E-state index contributed by atoms with van der Waals surface area (Å²) in [7, 11) is 0. The number of rotatable bonds is 6. The summed E-state index contributed by atoms with van der Waals surface area (Å²) in [4.78, 5) is 21.3. The molecule has 150 valence electrons. The van der Waals surface area contributed by atoms with Crippen molar-refractivity contribution in [1.82, 2.24) is 4.98 Å². The molecule has 0 atom stereocenters. The van der Waals surface area contributed by atoms with Crippen molar-refractivity contribution in [1.29, 1.82) is 0 Å². The smallest absolute Gasteiger partial charge is 0.341 e. The largest absolute Gasteiger partial charge is 0.479 e. The first kappa shape index (κ1) is 19.6. The second-order valence-electron chi connectivity index (χ2n) is 6.25. The van der Waals surface area contributed by atoms with Gasteiger partial charge in [-0.25, -0.2) is 14.8 Å². The van der Waals surface area contributed by atoms with Crippen molar-refractivity contribution in [3.8, 4) is 28.5 Å². The van der Waals surface area contributed by atoms with E-state index in [9.17, 15) is 9.90 Å². The summed E-state index contributed by atoms with van der Waals surface area (Å²) in [6.45, 7) is 2.02. The Bertz CT molecular complexity index is 1180. The van der Waals surface area contributed by atoms with Gasteiger partial charge in [0.2, 0.25) is 5.89 Å². The van der Waals surface area contributed by atoms with Crippen molar-refractivity contribution in [2.45, 2.75) is 6.92 Å². The minimum Gasteiger partial charge on any atom is -0.479 e. The summed E-state index contributed by atoms with van der Waals surface area (Å²) in [5.74, 6) is -0.495. The number of carbonyl (C=O) groups excluding carboxylic acids is 1. The van der Waals surface area contributed by atoms with Crippen LogP contribution in [-0.2, 0) is 4.74 Å².